The molecule has 1 amide bonds. The van der Waals surface area contributed by atoms with Crippen molar-refractivity contribution >= 4 is 38.3 Å². The van der Waals surface area contributed by atoms with Crippen molar-refractivity contribution in [3.63, 3.8) is 0 Å². The lowest BCUT2D eigenvalue weighted by Gasteiger charge is -2.40. The predicted molar refractivity (Wildman–Crippen MR) is 140 cm³/mol. The van der Waals surface area contributed by atoms with E-state index in [9.17, 15) is 28.6 Å². The van der Waals surface area contributed by atoms with E-state index in [1.807, 2.05) is 0 Å². The van der Waals surface area contributed by atoms with E-state index in [1.165, 1.54) is 40.1 Å². The first-order chi connectivity index (χ1) is 18.6. The molecule has 39 heavy (non-hydrogen) atoms. The van der Waals surface area contributed by atoms with Crippen molar-refractivity contribution in [3.05, 3.63) is 89.2 Å². The molecule has 2 N–H and O–H groups in total. The van der Waals surface area contributed by atoms with Gasteiger partial charge in [-0.3, -0.25) is 9.78 Å². The van der Waals surface area contributed by atoms with Gasteiger partial charge in [0.05, 0.1) is 35.1 Å². The lowest BCUT2D eigenvalue weighted by atomic mass is 10.1. The zero-order valence-electron chi connectivity index (χ0n) is 20.2. The zero-order valence-corrected chi connectivity index (χ0v) is 21.8. The number of fused-ring (bicyclic) bond motifs is 3. The summed E-state index contributed by atoms with van der Waals surface area (Å²) in [6.45, 7) is -0.404. The molecular weight excluding hydrogens is 546 g/mol. The first kappa shape index (κ1) is 25.6. The maximum Gasteiger partial charge on any atom is 0.274 e. The Labute approximate surface area is 228 Å². The van der Waals surface area contributed by atoms with Crippen LogP contribution in [0.4, 0.5) is 0 Å². The van der Waals surface area contributed by atoms with E-state index in [0.29, 0.717) is 26.4 Å². The predicted octanol–water partition coefficient (Wildman–Crippen LogP) is 1.20. The normalized spacial score (nSPS) is 23.3. The number of carbonyl (C=O) groups excluding carboxylic acids is 1. The second-order valence-electron chi connectivity index (χ2n) is 9.54. The third-order valence-corrected chi connectivity index (χ3v) is 9.31. The zero-order chi connectivity index (χ0) is 27.5. The number of piperazine rings is 1. The van der Waals surface area contributed by atoms with E-state index >= 15 is 0 Å². The van der Waals surface area contributed by atoms with E-state index in [-0.39, 0.29) is 23.7 Å². The molecule has 4 heterocycles. The third-order valence-electron chi connectivity index (χ3n) is 7.25. The molecule has 2 aliphatic heterocycles. The van der Waals surface area contributed by atoms with Crippen LogP contribution in [0, 0.1) is 5.21 Å². The molecule has 6 rings (SSSR count). The topological polar surface area (TPSA) is 151 Å². The Morgan fingerprint density at radius 2 is 1.59 bits per heavy atom. The summed E-state index contributed by atoms with van der Waals surface area (Å²) in [4.78, 5) is 23.3. The molecule has 0 saturated carbocycles. The van der Waals surface area contributed by atoms with Crippen molar-refractivity contribution < 1.29 is 28.2 Å². The van der Waals surface area contributed by atoms with Crippen LogP contribution in [0.25, 0.3) is 22.0 Å². The molecular formula is C26H22ClN5O6S. The molecule has 200 valence electrons. The highest BCUT2D eigenvalue weighted by Gasteiger charge is 2.56. The summed E-state index contributed by atoms with van der Waals surface area (Å²) < 4.78 is 28.9. The molecule has 0 aliphatic carbocycles. The molecule has 2 fully saturated rings. The van der Waals surface area contributed by atoms with Crippen molar-refractivity contribution in [1.82, 2.24) is 19.2 Å². The minimum atomic E-state index is -4.00. The number of hydrogen-bond acceptors (Lipinski definition) is 8. The van der Waals surface area contributed by atoms with Gasteiger partial charge in [0.25, 0.3) is 5.91 Å². The maximum absolute atomic E-state index is 13.6. The van der Waals surface area contributed by atoms with Crippen LogP contribution in [-0.2, 0) is 10.0 Å². The molecule has 2 aliphatic rings. The molecule has 2 bridgehead atoms. The fourth-order valence-corrected chi connectivity index (χ4v) is 6.91. The monoisotopic (exact) mass is 567 g/mol. The van der Waals surface area contributed by atoms with Gasteiger partial charge in [-0.1, -0.05) is 23.7 Å². The molecule has 13 heteroatoms. The standard InChI is InChI=1S/C26H22ClN5O6S/c27-18-3-1-17-10-19(4-2-16(17)9-18)39(37,38)31-13-22-24(33)25(34)23(14-31)32(22)26(35)21-12-28-20(11-29-21)15-5-7-30(36)8-6-15/h1-12,22-25,33-34H,13-14H2. The Balaban J connectivity index is 1.26. The summed E-state index contributed by atoms with van der Waals surface area (Å²) >= 11 is 6.04. The van der Waals surface area contributed by atoms with Gasteiger partial charge >= 0.3 is 0 Å². The molecule has 4 atom stereocenters. The van der Waals surface area contributed by atoms with Gasteiger partial charge in [0, 0.05) is 35.8 Å². The molecule has 4 aromatic rings. The fraction of sp³-hybridized carbons (Fsp3) is 0.231. The minimum absolute atomic E-state index is 0.0191. The van der Waals surface area contributed by atoms with Gasteiger partial charge in [0.15, 0.2) is 12.4 Å². The van der Waals surface area contributed by atoms with Crippen LogP contribution in [-0.4, -0.2) is 81.1 Å². The summed E-state index contributed by atoms with van der Waals surface area (Å²) in [5, 5.41) is 34.7. The van der Waals surface area contributed by atoms with Crippen molar-refractivity contribution in [2.75, 3.05) is 13.1 Å². The lowest BCUT2D eigenvalue weighted by Crippen LogP contribution is -2.59. The van der Waals surface area contributed by atoms with Gasteiger partial charge in [-0.2, -0.15) is 9.04 Å². The van der Waals surface area contributed by atoms with Crippen molar-refractivity contribution in [3.8, 4) is 11.3 Å². The highest BCUT2D eigenvalue weighted by atomic mass is 35.5. The average molecular weight is 568 g/mol. The highest BCUT2D eigenvalue weighted by Crippen LogP contribution is 2.35. The minimum Gasteiger partial charge on any atom is -0.619 e. The lowest BCUT2D eigenvalue weighted by molar-refractivity contribution is -0.605. The second-order valence-corrected chi connectivity index (χ2v) is 11.9. The van der Waals surface area contributed by atoms with Crippen LogP contribution in [0.3, 0.4) is 0 Å². The summed E-state index contributed by atoms with van der Waals surface area (Å²) in [6, 6.07) is 11.0. The molecule has 2 aromatic carbocycles. The Morgan fingerprint density at radius 3 is 2.23 bits per heavy atom. The van der Waals surface area contributed by atoms with Gasteiger partial charge in [-0.15, -0.1) is 0 Å². The third kappa shape index (κ3) is 4.39. The Kier molecular flexibility index (Phi) is 6.24. The van der Waals surface area contributed by atoms with Crippen molar-refractivity contribution in [2.45, 2.75) is 29.2 Å². The van der Waals surface area contributed by atoms with Crippen LogP contribution < -0.4 is 4.73 Å². The number of pyridine rings is 1. The van der Waals surface area contributed by atoms with Crippen LogP contribution in [0.1, 0.15) is 10.5 Å². The highest BCUT2D eigenvalue weighted by molar-refractivity contribution is 7.89. The van der Waals surface area contributed by atoms with Crippen molar-refractivity contribution in [2.24, 2.45) is 0 Å². The number of aliphatic hydroxyl groups excluding tert-OH is 2. The summed E-state index contributed by atoms with van der Waals surface area (Å²) in [5.74, 6) is -0.579. The molecule has 11 nitrogen and oxygen atoms in total. The largest absolute Gasteiger partial charge is 0.619 e. The summed E-state index contributed by atoms with van der Waals surface area (Å²) in [5.41, 5.74) is 1.06. The van der Waals surface area contributed by atoms with Crippen LogP contribution in [0.15, 0.2) is 78.2 Å². The van der Waals surface area contributed by atoms with Crippen LogP contribution in [0.5, 0.6) is 0 Å². The summed E-state index contributed by atoms with van der Waals surface area (Å²) in [7, 11) is -4.00. The first-order valence-electron chi connectivity index (χ1n) is 12.0. The van der Waals surface area contributed by atoms with Gasteiger partial charge < -0.3 is 20.3 Å². The van der Waals surface area contributed by atoms with Gasteiger partial charge in [0.2, 0.25) is 10.0 Å². The number of aromatic nitrogens is 3. The quantitative estimate of drug-likeness (QED) is 0.276. The number of hydrogen-bond donors (Lipinski definition) is 2. The molecule has 0 spiro atoms. The molecule has 0 radical (unpaired) electrons. The second kappa shape index (κ2) is 9.50. The van der Waals surface area contributed by atoms with E-state index in [4.69, 9.17) is 11.6 Å². The van der Waals surface area contributed by atoms with E-state index in [2.05, 4.69) is 9.97 Å². The van der Waals surface area contributed by atoms with E-state index in [1.54, 1.807) is 42.5 Å². The number of nitrogens with zero attached hydrogens (tertiary/aromatic N) is 5. The molecule has 4 unspecified atom stereocenters. The number of sulfonamides is 1. The molecule has 2 aromatic heterocycles. The number of halogens is 1. The smallest absolute Gasteiger partial charge is 0.274 e. The molecule has 2 saturated heterocycles. The fourth-order valence-electron chi connectivity index (χ4n) is 5.22. The number of rotatable bonds is 4. The van der Waals surface area contributed by atoms with Crippen LogP contribution in [0.2, 0.25) is 5.02 Å². The van der Waals surface area contributed by atoms with E-state index in [0.717, 1.165) is 5.39 Å². The number of carbonyl (C=O) groups is 1. The Bertz CT molecular complexity index is 1670. The van der Waals surface area contributed by atoms with Crippen molar-refractivity contribution in [1.29, 1.82) is 0 Å². The number of benzene rings is 2. The average Bonchev–Trinajstić information content (AvgIpc) is 3.09. The van der Waals surface area contributed by atoms with Gasteiger partial charge in [-0.05, 0) is 35.0 Å². The Hall–Kier alpha value is -3.68. The maximum atomic E-state index is 13.6. The van der Waals surface area contributed by atoms with Gasteiger partial charge in [0.1, 0.15) is 17.9 Å². The Morgan fingerprint density at radius 1 is 0.949 bits per heavy atom. The number of aliphatic hydroxyl groups is 2. The van der Waals surface area contributed by atoms with E-state index < -0.39 is 40.2 Å². The summed E-state index contributed by atoms with van der Waals surface area (Å²) in [6.07, 6.45) is 2.62. The first-order valence-corrected chi connectivity index (χ1v) is 13.8. The SMILES string of the molecule is O=C(c1cnc(-c2cc[n+]([O-])cc2)cn1)N1C2CN(S(=O)(=O)c3ccc4cc(Cl)ccc4c3)CC1C(O)C2O. The van der Waals surface area contributed by atoms with Gasteiger partial charge in [-0.25, -0.2) is 13.4 Å². The van der Waals surface area contributed by atoms with Crippen LogP contribution >= 0.6 is 11.6 Å². The number of amides is 1.